The normalized spacial score (nSPS) is 17.4. The van der Waals surface area contributed by atoms with Gasteiger partial charge in [0.05, 0.1) is 0 Å². The van der Waals surface area contributed by atoms with Gasteiger partial charge in [-0.15, -0.1) is 6.58 Å². The molecule has 1 heteroatoms. The van der Waals surface area contributed by atoms with E-state index in [1.165, 1.54) is 51.5 Å². The molecule has 0 aromatic carbocycles. The Balaban J connectivity index is 1.77. The van der Waals surface area contributed by atoms with Gasteiger partial charge >= 0.3 is 0 Å². The zero-order valence-corrected chi connectivity index (χ0v) is 9.43. The van der Waals surface area contributed by atoms with E-state index in [9.17, 15) is 0 Å². The van der Waals surface area contributed by atoms with Crippen molar-refractivity contribution in [2.75, 3.05) is 13.1 Å². The average Bonchev–Trinajstić information content (AvgIpc) is 2.69. The summed E-state index contributed by atoms with van der Waals surface area (Å²) in [4.78, 5) is 0. The minimum atomic E-state index is 1.06. The van der Waals surface area contributed by atoms with Gasteiger partial charge in [0, 0.05) is 0 Å². The fourth-order valence-corrected chi connectivity index (χ4v) is 2.31. The molecule has 0 aromatic rings. The third-order valence-electron chi connectivity index (χ3n) is 3.20. The van der Waals surface area contributed by atoms with Gasteiger partial charge in [-0.3, -0.25) is 0 Å². The van der Waals surface area contributed by atoms with Crippen molar-refractivity contribution in [1.29, 1.82) is 0 Å². The van der Waals surface area contributed by atoms with Crippen molar-refractivity contribution in [2.24, 2.45) is 5.92 Å². The van der Waals surface area contributed by atoms with Crippen LogP contribution < -0.4 is 5.32 Å². The number of allylic oxidation sites excluding steroid dienone is 1. The molecule has 0 spiro atoms. The molecular formula is C13H25N. The van der Waals surface area contributed by atoms with Gasteiger partial charge in [0.1, 0.15) is 0 Å². The van der Waals surface area contributed by atoms with E-state index in [0.717, 1.165) is 18.9 Å². The van der Waals surface area contributed by atoms with Crippen molar-refractivity contribution in [2.45, 2.75) is 51.4 Å². The molecule has 0 radical (unpaired) electrons. The van der Waals surface area contributed by atoms with Gasteiger partial charge in [-0.1, -0.05) is 31.8 Å². The summed E-state index contributed by atoms with van der Waals surface area (Å²) < 4.78 is 0. The minimum absolute atomic E-state index is 1.06. The Morgan fingerprint density at radius 1 is 1.14 bits per heavy atom. The maximum atomic E-state index is 3.72. The molecule has 0 heterocycles. The highest BCUT2D eigenvalue weighted by atomic mass is 14.8. The zero-order chi connectivity index (χ0) is 10.1. The number of nitrogens with one attached hydrogen (secondary N) is 1. The standard InChI is InChI=1S/C13H25N/c1-2-3-6-11-14-12-7-10-13-8-4-5-9-13/h2,13-14H,1,3-12H2. The van der Waals surface area contributed by atoms with Crippen LogP contribution in [0.2, 0.25) is 0 Å². The second kappa shape index (κ2) is 8.05. The molecule has 1 aliphatic rings. The lowest BCUT2D eigenvalue weighted by Crippen LogP contribution is -2.17. The van der Waals surface area contributed by atoms with E-state index in [-0.39, 0.29) is 0 Å². The first-order chi connectivity index (χ1) is 6.93. The van der Waals surface area contributed by atoms with Gasteiger partial charge < -0.3 is 5.32 Å². The average molecular weight is 195 g/mol. The minimum Gasteiger partial charge on any atom is -0.317 e. The molecule has 1 N–H and O–H groups in total. The van der Waals surface area contributed by atoms with Crippen LogP contribution >= 0.6 is 0 Å². The fourth-order valence-electron chi connectivity index (χ4n) is 2.31. The summed E-state index contributed by atoms with van der Waals surface area (Å²) in [5.74, 6) is 1.06. The number of hydrogen-bond acceptors (Lipinski definition) is 1. The topological polar surface area (TPSA) is 12.0 Å². The van der Waals surface area contributed by atoms with E-state index < -0.39 is 0 Å². The van der Waals surface area contributed by atoms with E-state index >= 15 is 0 Å². The molecule has 0 aliphatic heterocycles. The van der Waals surface area contributed by atoms with Gasteiger partial charge in [0.25, 0.3) is 0 Å². The maximum absolute atomic E-state index is 3.72. The number of hydrogen-bond donors (Lipinski definition) is 1. The van der Waals surface area contributed by atoms with Gasteiger partial charge in [0.2, 0.25) is 0 Å². The summed E-state index contributed by atoms with van der Waals surface area (Å²) in [6.07, 6.45) is 13.2. The predicted molar refractivity (Wildman–Crippen MR) is 63.5 cm³/mol. The van der Waals surface area contributed by atoms with E-state index in [4.69, 9.17) is 0 Å². The summed E-state index contributed by atoms with van der Waals surface area (Å²) in [5.41, 5.74) is 0. The van der Waals surface area contributed by atoms with Crippen LogP contribution in [0.25, 0.3) is 0 Å². The first-order valence-corrected chi connectivity index (χ1v) is 6.25. The molecule has 1 nitrogen and oxygen atoms in total. The number of unbranched alkanes of at least 4 members (excludes halogenated alkanes) is 1. The largest absolute Gasteiger partial charge is 0.317 e. The van der Waals surface area contributed by atoms with Crippen molar-refractivity contribution in [3.63, 3.8) is 0 Å². The molecule has 0 atom stereocenters. The highest BCUT2D eigenvalue weighted by molar-refractivity contribution is 4.68. The first kappa shape index (κ1) is 11.8. The third-order valence-corrected chi connectivity index (χ3v) is 3.20. The van der Waals surface area contributed by atoms with Gasteiger partial charge in [-0.05, 0) is 44.7 Å². The number of rotatable bonds is 8. The van der Waals surface area contributed by atoms with Crippen LogP contribution in [0.4, 0.5) is 0 Å². The highest BCUT2D eigenvalue weighted by Gasteiger charge is 2.13. The quantitative estimate of drug-likeness (QED) is 0.461. The molecule has 14 heavy (non-hydrogen) atoms. The zero-order valence-electron chi connectivity index (χ0n) is 9.43. The predicted octanol–water partition coefficient (Wildman–Crippen LogP) is 3.51. The summed E-state index contributed by atoms with van der Waals surface area (Å²) >= 11 is 0. The molecule has 82 valence electrons. The SMILES string of the molecule is C=CCCCNCCCC1CCCC1. The van der Waals surface area contributed by atoms with Crippen LogP contribution in [0.3, 0.4) is 0 Å². The van der Waals surface area contributed by atoms with Crippen molar-refractivity contribution >= 4 is 0 Å². The van der Waals surface area contributed by atoms with Crippen LogP contribution in [0.1, 0.15) is 51.4 Å². The van der Waals surface area contributed by atoms with E-state index in [0.29, 0.717) is 0 Å². The molecule has 0 amide bonds. The maximum Gasteiger partial charge on any atom is -0.00460 e. The van der Waals surface area contributed by atoms with Gasteiger partial charge in [0.15, 0.2) is 0 Å². The van der Waals surface area contributed by atoms with Crippen molar-refractivity contribution in [3.05, 3.63) is 12.7 Å². The molecule has 0 unspecified atom stereocenters. The lowest BCUT2D eigenvalue weighted by molar-refractivity contribution is 0.469. The van der Waals surface area contributed by atoms with Gasteiger partial charge in [-0.2, -0.15) is 0 Å². The highest BCUT2D eigenvalue weighted by Crippen LogP contribution is 2.28. The first-order valence-electron chi connectivity index (χ1n) is 6.25. The monoisotopic (exact) mass is 195 g/mol. The van der Waals surface area contributed by atoms with Crippen molar-refractivity contribution < 1.29 is 0 Å². The molecule has 0 bridgehead atoms. The Bertz CT molecular complexity index is 136. The molecule has 1 saturated carbocycles. The second-order valence-corrected chi connectivity index (χ2v) is 4.47. The Morgan fingerprint density at radius 2 is 1.86 bits per heavy atom. The summed E-state index contributed by atoms with van der Waals surface area (Å²) in [7, 11) is 0. The van der Waals surface area contributed by atoms with Crippen LogP contribution in [-0.4, -0.2) is 13.1 Å². The summed E-state index contributed by atoms with van der Waals surface area (Å²) in [6, 6.07) is 0. The molecular weight excluding hydrogens is 170 g/mol. The Labute approximate surface area is 89.0 Å². The molecule has 0 aromatic heterocycles. The Kier molecular flexibility index (Phi) is 6.77. The molecule has 1 aliphatic carbocycles. The fraction of sp³-hybridized carbons (Fsp3) is 0.846. The van der Waals surface area contributed by atoms with E-state index in [1.807, 2.05) is 6.08 Å². The van der Waals surface area contributed by atoms with Crippen molar-refractivity contribution in [3.8, 4) is 0 Å². The van der Waals surface area contributed by atoms with Gasteiger partial charge in [-0.25, -0.2) is 0 Å². The smallest absolute Gasteiger partial charge is 0.00460 e. The lowest BCUT2D eigenvalue weighted by Gasteiger charge is -2.08. The lowest BCUT2D eigenvalue weighted by atomic mass is 10.0. The van der Waals surface area contributed by atoms with Crippen molar-refractivity contribution in [1.82, 2.24) is 5.32 Å². The van der Waals surface area contributed by atoms with Crippen LogP contribution in [0.15, 0.2) is 12.7 Å². The molecule has 1 rings (SSSR count). The summed E-state index contributed by atoms with van der Waals surface area (Å²) in [6.45, 7) is 6.10. The third kappa shape index (κ3) is 5.43. The Hall–Kier alpha value is -0.300. The molecule has 1 fully saturated rings. The van der Waals surface area contributed by atoms with E-state index in [1.54, 1.807) is 0 Å². The Morgan fingerprint density at radius 3 is 2.57 bits per heavy atom. The van der Waals surface area contributed by atoms with E-state index in [2.05, 4.69) is 11.9 Å². The second-order valence-electron chi connectivity index (χ2n) is 4.47. The summed E-state index contributed by atoms with van der Waals surface area (Å²) in [5, 5.41) is 3.50. The molecule has 0 saturated heterocycles. The van der Waals surface area contributed by atoms with Crippen LogP contribution in [-0.2, 0) is 0 Å². The van der Waals surface area contributed by atoms with Crippen LogP contribution in [0, 0.1) is 5.92 Å². The van der Waals surface area contributed by atoms with Crippen LogP contribution in [0.5, 0.6) is 0 Å².